The highest BCUT2D eigenvalue weighted by atomic mass is 32.1. The van der Waals surface area contributed by atoms with Crippen molar-refractivity contribution >= 4 is 18.5 Å². The van der Waals surface area contributed by atoms with Gasteiger partial charge in [-0.3, -0.25) is 19.1 Å². The second kappa shape index (κ2) is 7.09. The molecule has 10 heteroatoms. The first-order valence-electron chi connectivity index (χ1n) is 6.71. The first kappa shape index (κ1) is 16.7. The number of aromatic nitrogens is 2. The van der Waals surface area contributed by atoms with Gasteiger partial charge in [-0.05, 0) is 0 Å². The Morgan fingerprint density at radius 3 is 3.00 bits per heavy atom. The van der Waals surface area contributed by atoms with Crippen LogP contribution in [0.15, 0.2) is 21.9 Å². The van der Waals surface area contributed by atoms with Crippen LogP contribution >= 0.6 is 12.6 Å². The molecule has 5 N–H and O–H groups in total. The third kappa shape index (κ3) is 3.77. The molecule has 0 unspecified atom stereocenters. The van der Waals surface area contributed by atoms with Crippen LogP contribution in [0.5, 0.6) is 0 Å². The zero-order valence-electron chi connectivity index (χ0n) is 11.6. The van der Waals surface area contributed by atoms with Crippen LogP contribution < -0.4 is 22.3 Å². The molecule has 9 nitrogen and oxygen atoms in total. The third-order valence-electron chi connectivity index (χ3n) is 3.38. The lowest BCUT2D eigenvalue weighted by Crippen LogP contribution is -2.46. The number of nitrogens with zero attached hydrogens (tertiary/aromatic N) is 1. The van der Waals surface area contributed by atoms with E-state index in [0.717, 1.165) is 0 Å². The van der Waals surface area contributed by atoms with E-state index in [1.165, 1.54) is 16.8 Å². The van der Waals surface area contributed by atoms with Gasteiger partial charge in [0.15, 0.2) is 0 Å². The number of hydrogen-bond acceptors (Lipinski definition) is 7. The van der Waals surface area contributed by atoms with Crippen molar-refractivity contribution in [3.63, 3.8) is 0 Å². The summed E-state index contributed by atoms with van der Waals surface area (Å²) in [5, 5.41) is 12.5. The largest absolute Gasteiger partial charge is 0.390 e. The Morgan fingerprint density at radius 1 is 1.64 bits per heavy atom. The number of H-pyrrole nitrogens is 1. The molecule has 1 aliphatic rings. The molecule has 0 saturated carbocycles. The van der Waals surface area contributed by atoms with Crippen molar-refractivity contribution in [3.05, 3.63) is 33.1 Å². The van der Waals surface area contributed by atoms with E-state index in [2.05, 4.69) is 22.9 Å². The summed E-state index contributed by atoms with van der Waals surface area (Å²) in [6.07, 6.45) is -0.752. The number of aromatic amines is 1. The average Bonchev–Trinajstić information content (AvgIpc) is 2.84. The summed E-state index contributed by atoms with van der Waals surface area (Å²) in [7, 11) is 0. The monoisotopic (exact) mass is 330 g/mol. The smallest absolute Gasteiger partial charge is 0.330 e. The van der Waals surface area contributed by atoms with Gasteiger partial charge in [0.25, 0.3) is 5.56 Å². The van der Waals surface area contributed by atoms with Crippen LogP contribution in [-0.4, -0.2) is 51.1 Å². The predicted octanol–water partition coefficient (Wildman–Crippen LogP) is -2.44. The van der Waals surface area contributed by atoms with Gasteiger partial charge in [-0.15, -0.1) is 0 Å². The minimum Gasteiger partial charge on any atom is -0.390 e. The molecule has 1 aliphatic heterocycles. The number of nitrogens with two attached hydrogens (primary N) is 1. The number of amides is 1. The Morgan fingerprint density at radius 2 is 2.36 bits per heavy atom. The molecule has 0 aliphatic carbocycles. The Balaban J connectivity index is 1.99. The van der Waals surface area contributed by atoms with Gasteiger partial charge in [-0.2, -0.15) is 12.6 Å². The summed E-state index contributed by atoms with van der Waals surface area (Å²) in [5.74, 6) is -0.189. The standard InChI is InChI=1S/C12H18N4O5S/c13-6(5-22)11(19)14-4-8-7(17)3-10(21-8)16-2-1-9(18)15-12(16)20/h1-2,6-8,10,17,22H,3-5,13H2,(H,14,19)(H,15,18,20)/t6-,7-,8+,10+/m0/s1. The SMILES string of the molecule is N[C@@H](CS)C(=O)NC[C@H]1O[C@@H](n2ccc(=O)[nH]c2=O)C[C@@H]1O. The Kier molecular flexibility index (Phi) is 5.40. The summed E-state index contributed by atoms with van der Waals surface area (Å²) < 4.78 is 6.75. The molecule has 4 atom stereocenters. The second-order valence-corrected chi connectivity index (χ2v) is 5.35. The minimum absolute atomic E-state index is 0.0656. The van der Waals surface area contributed by atoms with Crippen molar-refractivity contribution in [3.8, 4) is 0 Å². The number of aliphatic hydroxyl groups is 1. The van der Waals surface area contributed by atoms with Gasteiger partial charge in [0, 0.05) is 31.0 Å². The van der Waals surface area contributed by atoms with Gasteiger partial charge in [-0.25, -0.2) is 4.79 Å². The lowest BCUT2D eigenvalue weighted by Gasteiger charge is -2.17. The van der Waals surface area contributed by atoms with Crippen molar-refractivity contribution in [2.45, 2.75) is 30.9 Å². The zero-order chi connectivity index (χ0) is 16.3. The van der Waals surface area contributed by atoms with E-state index in [1.54, 1.807) is 0 Å². The highest BCUT2D eigenvalue weighted by Crippen LogP contribution is 2.26. The molecular weight excluding hydrogens is 312 g/mol. The van der Waals surface area contributed by atoms with Crippen LogP contribution in [0.1, 0.15) is 12.6 Å². The minimum atomic E-state index is -0.851. The van der Waals surface area contributed by atoms with E-state index in [0.29, 0.717) is 0 Å². The molecule has 1 amide bonds. The van der Waals surface area contributed by atoms with Gasteiger partial charge in [-0.1, -0.05) is 0 Å². The summed E-state index contributed by atoms with van der Waals surface area (Å²) >= 11 is 3.92. The van der Waals surface area contributed by atoms with Crippen LogP contribution in [0, 0.1) is 0 Å². The first-order chi connectivity index (χ1) is 10.4. The van der Waals surface area contributed by atoms with Crippen LogP contribution in [0.2, 0.25) is 0 Å². The van der Waals surface area contributed by atoms with Crippen molar-refractivity contribution in [2.75, 3.05) is 12.3 Å². The molecule has 1 aromatic rings. The van der Waals surface area contributed by atoms with Gasteiger partial charge in [0.2, 0.25) is 5.91 Å². The molecule has 0 bridgehead atoms. The number of carbonyl (C=O) groups is 1. The summed E-state index contributed by atoms with van der Waals surface area (Å²) in [5.41, 5.74) is 4.39. The van der Waals surface area contributed by atoms with Crippen LogP contribution in [0.25, 0.3) is 0 Å². The number of hydrogen-bond donors (Lipinski definition) is 5. The topological polar surface area (TPSA) is 139 Å². The number of thiol groups is 1. The van der Waals surface area contributed by atoms with E-state index in [4.69, 9.17) is 10.5 Å². The van der Waals surface area contributed by atoms with E-state index in [1.807, 2.05) is 0 Å². The van der Waals surface area contributed by atoms with Gasteiger partial charge >= 0.3 is 5.69 Å². The second-order valence-electron chi connectivity index (χ2n) is 4.98. The number of carbonyl (C=O) groups excluding carboxylic acids is 1. The van der Waals surface area contributed by atoms with Crippen molar-refractivity contribution in [2.24, 2.45) is 5.73 Å². The molecule has 1 fully saturated rings. The molecule has 0 radical (unpaired) electrons. The number of rotatable bonds is 5. The molecule has 0 aromatic carbocycles. The molecule has 122 valence electrons. The third-order valence-corrected chi connectivity index (χ3v) is 3.77. The Bertz CT molecular complexity index is 645. The van der Waals surface area contributed by atoms with E-state index < -0.39 is 41.6 Å². The summed E-state index contributed by atoms with van der Waals surface area (Å²) in [4.78, 5) is 36.4. The molecule has 22 heavy (non-hydrogen) atoms. The highest BCUT2D eigenvalue weighted by Gasteiger charge is 2.35. The number of nitrogens with one attached hydrogen (secondary N) is 2. The van der Waals surface area contributed by atoms with Crippen LogP contribution in [-0.2, 0) is 9.53 Å². The normalized spacial score (nSPS) is 25.9. The average molecular weight is 330 g/mol. The van der Waals surface area contributed by atoms with E-state index >= 15 is 0 Å². The van der Waals surface area contributed by atoms with Crippen LogP contribution in [0.4, 0.5) is 0 Å². The zero-order valence-corrected chi connectivity index (χ0v) is 12.5. The van der Waals surface area contributed by atoms with Gasteiger partial charge in [0.05, 0.1) is 12.1 Å². The quantitative estimate of drug-likeness (QED) is 0.380. The van der Waals surface area contributed by atoms with E-state index in [9.17, 15) is 19.5 Å². The summed E-state index contributed by atoms with van der Waals surface area (Å²) in [6, 6.07) is 0.456. The molecule has 1 aromatic heterocycles. The van der Waals surface area contributed by atoms with Crippen molar-refractivity contribution in [1.82, 2.24) is 14.9 Å². The predicted molar refractivity (Wildman–Crippen MR) is 80.7 cm³/mol. The van der Waals surface area contributed by atoms with Crippen LogP contribution in [0.3, 0.4) is 0 Å². The lowest BCUT2D eigenvalue weighted by molar-refractivity contribution is -0.123. The first-order valence-corrected chi connectivity index (χ1v) is 7.34. The van der Waals surface area contributed by atoms with Crippen molar-refractivity contribution in [1.29, 1.82) is 0 Å². The Labute approximate surface area is 130 Å². The van der Waals surface area contributed by atoms with Crippen molar-refractivity contribution < 1.29 is 14.6 Å². The maximum atomic E-state index is 11.7. The maximum absolute atomic E-state index is 11.7. The molecule has 0 spiro atoms. The van der Waals surface area contributed by atoms with E-state index in [-0.39, 0.29) is 18.7 Å². The highest BCUT2D eigenvalue weighted by molar-refractivity contribution is 7.80. The maximum Gasteiger partial charge on any atom is 0.330 e. The fourth-order valence-corrected chi connectivity index (χ4v) is 2.30. The Hall–Kier alpha value is -1.62. The van der Waals surface area contributed by atoms with Gasteiger partial charge < -0.3 is 20.9 Å². The fourth-order valence-electron chi connectivity index (χ4n) is 2.14. The van der Waals surface area contributed by atoms with Gasteiger partial charge in [0.1, 0.15) is 12.3 Å². The lowest BCUT2D eigenvalue weighted by atomic mass is 10.1. The fraction of sp³-hybridized carbons (Fsp3) is 0.583. The molecule has 2 rings (SSSR count). The summed E-state index contributed by atoms with van der Waals surface area (Å²) in [6.45, 7) is 0.0656. The molecular formula is C12H18N4O5S. The number of aliphatic hydroxyl groups excluding tert-OH is 1. The molecule has 2 heterocycles. The molecule has 1 saturated heterocycles. The number of ether oxygens (including phenoxy) is 1.